The largest absolute Gasteiger partial charge is 0.573 e. The Labute approximate surface area is 118 Å². The van der Waals surface area contributed by atoms with E-state index in [1.807, 2.05) is 0 Å². The third kappa shape index (κ3) is 4.33. The second-order valence-corrected chi connectivity index (χ2v) is 4.51. The monoisotopic (exact) mass is 305 g/mol. The third-order valence-corrected chi connectivity index (χ3v) is 3.07. The van der Waals surface area contributed by atoms with Gasteiger partial charge in [0.05, 0.1) is 13.2 Å². The van der Waals surface area contributed by atoms with Gasteiger partial charge < -0.3 is 14.6 Å². The van der Waals surface area contributed by atoms with Crippen LogP contribution in [-0.2, 0) is 9.53 Å². The molecule has 2 rings (SSSR count). The summed E-state index contributed by atoms with van der Waals surface area (Å²) in [6, 6.07) is 3.97. The summed E-state index contributed by atoms with van der Waals surface area (Å²) in [5.41, 5.74) is 0.402. The molecule has 1 fully saturated rings. The van der Waals surface area contributed by atoms with Crippen LogP contribution in [0.3, 0.4) is 0 Å². The fourth-order valence-electron chi connectivity index (χ4n) is 2.20. The molecule has 1 aromatic rings. The van der Waals surface area contributed by atoms with E-state index >= 15 is 0 Å². The highest BCUT2D eigenvalue weighted by Gasteiger charge is 2.32. The van der Waals surface area contributed by atoms with Crippen molar-refractivity contribution in [3.8, 4) is 5.75 Å². The number of alkyl halides is 3. The molecule has 116 valence electrons. The highest BCUT2D eigenvalue weighted by Crippen LogP contribution is 2.27. The molecule has 0 saturated carbocycles. The molecule has 1 atom stereocenters. The molecule has 0 bridgehead atoms. The maximum atomic E-state index is 12.1. The van der Waals surface area contributed by atoms with Gasteiger partial charge in [-0.05, 0) is 17.7 Å². The summed E-state index contributed by atoms with van der Waals surface area (Å²) in [7, 11) is 0. The fraction of sp³-hybridized carbons (Fsp3) is 0.462. The first-order valence-electron chi connectivity index (χ1n) is 6.27. The van der Waals surface area contributed by atoms with Crippen LogP contribution in [0.5, 0.6) is 5.75 Å². The number of nitrogens with zero attached hydrogens (tertiary/aromatic N) is 1. The van der Waals surface area contributed by atoms with Crippen LogP contribution in [0.15, 0.2) is 24.3 Å². The summed E-state index contributed by atoms with van der Waals surface area (Å²) in [6.07, 6.45) is -4.77. The lowest BCUT2D eigenvalue weighted by atomic mass is 10.0. The van der Waals surface area contributed by atoms with Crippen molar-refractivity contribution in [2.24, 2.45) is 0 Å². The fourth-order valence-corrected chi connectivity index (χ4v) is 2.20. The second-order valence-electron chi connectivity index (χ2n) is 4.51. The van der Waals surface area contributed by atoms with Gasteiger partial charge in [-0.15, -0.1) is 13.2 Å². The Morgan fingerprint density at radius 1 is 1.24 bits per heavy atom. The second kappa shape index (κ2) is 6.31. The standard InChI is InChI=1S/C13H14F3NO4/c14-13(15,16)21-10-3-1-9(2-4-10)11(12(18)19)17-5-7-20-8-6-17/h1-4,11H,5-8H2,(H,18,19). The van der Waals surface area contributed by atoms with Crippen LogP contribution in [0.4, 0.5) is 13.2 Å². The molecule has 1 aliphatic rings. The predicted octanol–water partition coefficient (Wildman–Crippen LogP) is 2.04. The van der Waals surface area contributed by atoms with Crippen molar-refractivity contribution in [1.82, 2.24) is 4.90 Å². The molecule has 0 amide bonds. The van der Waals surface area contributed by atoms with Gasteiger partial charge in [0.1, 0.15) is 11.8 Å². The summed E-state index contributed by atoms with van der Waals surface area (Å²) in [6.45, 7) is 1.77. The summed E-state index contributed by atoms with van der Waals surface area (Å²) < 4.78 is 45.2. The van der Waals surface area contributed by atoms with Crippen molar-refractivity contribution in [3.63, 3.8) is 0 Å². The number of carbonyl (C=O) groups is 1. The lowest BCUT2D eigenvalue weighted by molar-refractivity contribution is -0.274. The SMILES string of the molecule is O=C(O)C(c1ccc(OC(F)(F)F)cc1)N1CCOCC1. The van der Waals surface area contributed by atoms with Gasteiger partial charge in [-0.3, -0.25) is 9.69 Å². The van der Waals surface area contributed by atoms with E-state index in [2.05, 4.69) is 4.74 Å². The Hall–Kier alpha value is -1.80. The Bertz CT molecular complexity index is 483. The molecule has 0 spiro atoms. The first-order chi connectivity index (χ1) is 9.87. The van der Waals surface area contributed by atoms with Crippen molar-refractivity contribution < 1.29 is 32.5 Å². The van der Waals surface area contributed by atoms with Gasteiger partial charge in [0.25, 0.3) is 0 Å². The normalized spacial score (nSPS) is 18.2. The Morgan fingerprint density at radius 3 is 2.29 bits per heavy atom. The molecule has 21 heavy (non-hydrogen) atoms. The van der Waals surface area contributed by atoms with Crippen LogP contribution in [0.25, 0.3) is 0 Å². The molecule has 0 aromatic heterocycles. The quantitative estimate of drug-likeness (QED) is 0.922. The number of morpholine rings is 1. The molecule has 1 unspecified atom stereocenters. The molecule has 8 heteroatoms. The molecule has 1 saturated heterocycles. The van der Waals surface area contributed by atoms with Gasteiger partial charge in [0.2, 0.25) is 0 Å². The highest BCUT2D eigenvalue weighted by atomic mass is 19.4. The summed E-state index contributed by atoms with van der Waals surface area (Å²) in [4.78, 5) is 13.1. The zero-order valence-electron chi connectivity index (χ0n) is 11.0. The van der Waals surface area contributed by atoms with Gasteiger partial charge >= 0.3 is 12.3 Å². The zero-order chi connectivity index (χ0) is 15.5. The average molecular weight is 305 g/mol. The molecule has 1 heterocycles. The molecular formula is C13H14F3NO4. The number of rotatable bonds is 4. The number of halogens is 3. The maximum Gasteiger partial charge on any atom is 0.573 e. The summed E-state index contributed by atoms with van der Waals surface area (Å²) in [5, 5.41) is 9.34. The number of hydrogen-bond donors (Lipinski definition) is 1. The smallest absolute Gasteiger partial charge is 0.480 e. The van der Waals surface area contributed by atoms with E-state index in [9.17, 15) is 23.1 Å². The van der Waals surface area contributed by atoms with E-state index in [4.69, 9.17) is 4.74 Å². The van der Waals surface area contributed by atoms with E-state index in [0.717, 1.165) is 12.1 Å². The number of hydrogen-bond acceptors (Lipinski definition) is 4. The third-order valence-electron chi connectivity index (χ3n) is 3.07. The van der Waals surface area contributed by atoms with Crippen molar-refractivity contribution in [2.75, 3.05) is 26.3 Å². The van der Waals surface area contributed by atoms with Crippen molar-refractivity contribution >= 4 is 5.97 Å². The molecule has 1 N–H and O–H groups in total. The van der Waals surface area contributed by atoms with Crippen LogP contribution >= 0.6 is 0 Å². The van der Waals surface area contributed by atoms with E-state index in [-0.39, 0.29) is 5.75 Å². The van der Waals surface area contributed by atoms with Gasteiger partial charge in [0, 0.05) is 13.1 Å². The molecule has 1 aromatic carbocycles. The molecule has 0 aliphatic carbocycles. The van der Waals surface area contributed by atoms with Gasteiger partial charge in [-0.2, -0.15) is 0 Å². The van der Waals surface area contributed by atoms with E-state index in [0.29, 0.717) is 31.9 Å². The lowest BCUT2D eigenvalue weighted by Crippen LogP contribution is -2.42. The molecular weight excluding hydrogens is 291 g/mol. The Morgan fingerprint density at radius 2 is 1.81 bits per heavy atom. The van der Waals surface area contributed by atoms with Crippen LogP contribution in [0.1, 0.15) is 11.6 Å². The van der Waals surface area contributed by atoms with E-state index in [1.165, 1.54) is 12.1 Å². The number of aliphatic carboxylic acids is 1. The number of benzene rings is 1. The van der Waals surface area contributed by atoms with E-state index in [1.54, 1.807) is 4.90 Å². The minimum atomic E-state index is -4.77. The minimum Gasteiger partial charge on any atom is -0.480 e. The number of ether oxygens (including phenoxy) is 2. The summed E-state index contributed by atoms with van der Waals surface area (Å²) in [5.74, 6) is -1.43. The van der Waals surface area contributed by atoms with Crippen LogP contribution in [0, 0.1) is 0 Å². The first-order valence-corrected chi connectivity index (χ1v) is 6.27. The highest BCUT2D eigenvalue weighted by molar-refractivity contribution is 5.75. The van der Waals surface area contributed by atoms with Crippen molar-refractivity contribution in [3.05, 3.63) is 29.8 Å². The van der Waals surface area contributed by atoms with E-state index < -0.39 is 18.4 Å². The van der Waals surface area contributed by atoms with Crippen LogP contribution in [-0.4, -0.2) is 48.6 Å². The molecule has 5 nitrogen and oxygen atoms in total. The Kier molecular flexibility index (Phi) is 4.69. The maximum absolute atomic E-state index is 12.1. The first kappa shape index (κ1) is 15.6. The van der Waals surface area contributed by atoms with Gasteiger partial charge in [-0.25, -0.2) is 0 Å². The topological polar surface area (TPSA) is 59.0 Å². The summed E-state index contributed by atoms with van der Waals surface area (Å²) >= 11 is 0. The minimum absolute atomic E-state index is 0.377. The van der Waals surface area contributed by atoms with Crippen molar-refractivity contribution in [2.45, 2.75) is 12.4 Å². The lowest BCUT2D eigenvalue weighted by Gasteiger charge is -2.32. The van der Waals surface area contributed by atoms with Crippen molar-refractivity contribution in [1.29, 1.82) is 0 Å². The zero-order valence-corrected chi connectivity index (χ0v) is 11.0. The molecule has 0 radical (unpaired) electrons. The number of carboxylic acid groups (broad SMARTS) is 1. The predicted molar refractivity (Wildman–Crippen MR) is 65.9 cm³/mol. The van der Waals surface area contributed by atoms with Gasteiger partial charge in [0.15, 0.2) is 0 Å². The Balaban J connectivity index is 2.15. The van der Waals surface area contributed by atoms with Gasteiger partial charge in [-0.1, -0.05) is 12.1 Å². The van der Waals surface area contributed by atoms with Crippen LogP contribution in [0.2, 0.25) is 0 Å². The average Bonchev–Trinajstić information content (AvgIpc) is 2.40. The number of carboxylic acids is 1. The van der Waals surface area contributed by atoms with Crippen LogP contribution < -0.4 is 4.74 Å². The molecule has 1 aliphatic heterocycles.